The molecule has 1 heterocycles. The van der Waals surface area contributed by atoms with Crippen LogP contribution >= 0.6 is 0 Å². The van der Waals surface area contributed by atoms with Crippen molar-refractivity contribution in [1.82, 2.24) is 9.55 Å². The third-order valence-corrected chi connectivity index (χ3v) is 2.77. The molecule has 0 amide bonds. The van der Waals surface area contributed by atoms with Crippen LogP contribution in [0.1, 0.15) is 20.3 Å². The van der Waals surface area contributed by atoms with Crippen molar-refractivity contribution in [2.75, 3.05) is 0 Å². The van der Waals surface area contributed by atoms with Crippen LogP contribution in [0, 0.1) is 0 Å². The normalized spacial score (nSPS) is 12.2. The molecule has 0 radical (unpaired) electrons. The van der Waals surface area contributed by atoms with Gasteiger partial charge in [0.1, 0.15) is 0 Å². The highest BCUT2D eigenvalue weighted by Gasteiger charge is 2.01. The number of hydrogen-bond donors (Lipinski definition) is 0. The Hall–Kier alpha value is -2.09. The predicted octanol–water partition coefficient (Wildman–Crippen LogP) is 4.38. The Bertz CT molecular complexity index is 547. The molecular weight excluding hydrogens is 220 g/mol. The van der Waals surface area contributed by atoms with E-state index in [2.05, 4.69) is 55.4 Å². The van der Waals surface area contributed by atoms with Crippen LogP contribution in [0.2, 0.25) is 0 Å². The first kappa shape index (κ1) is 12.4. The highest BCUT2D eigenvalue weighted by Crippen LogP contribution is 2.17. The van der Waals surface area contributed by atoms with Gasteiger partial charge in [0.15, 0.2) is 0 Å². The summed E-state index contributed by atoms with van der Waals surface area (Å²) in [4.78, 5) is 4.43. The maximum atomic E-state index is 4.43. The Morgan fingerprint density at radius 3 is 2.78 bits per heavy atom. The average Bonchev–Trinajstić information content (AvgIpc) is 2.89. The minimum atomic E-state index is 1.00. The van der Waals surface area contributed by atoms with Crippen molar-refractivity contribution in [2.45, 2.75) is 20.3 Å². The van der Waals surface area contributed by atoms with Gasteiger partial charge in [0.2, 0.25) is 0 Å². The molecule has 0 aliphatic rings. The third-order valence-electron chi connectivity index (χ3n) is 2.77. The van der Waals surface area contributed by atoms with E-state index in [1.165, 1.54) is 0 Å². The lowest BCUT2D eigenvalue weighted by Crippen LogP contribution is -1.87. The Labute approximate surface area is 108 Å². The molecule has 0 saturated carbocycles. The standard InChI is InChI=1S/C16H18N2/c1-3-4-6-9-14(2)18-12-16(17-13-18)15-10-7-5-8-11-15/h4-13H,3H2,1-2H3/b6-4-,14-9+. The summed E-state index contributed by atoms with van der Waals surface area (Å²) in [6.45, 7) is 4.21. The van der Waals surface area contributed by atoms with E-state index >= 15 is 0 Å². The van der Waals surface area contributed by atoms with E-state index in [0.29, 0.717) is 0 Å². The van der Waals surface area contributed by atoms with Gasteiger partial charge in [0.25, 0.3) is 0 Å². The number of benzene rings is 1. The molecule has 2 nitrogen and oxygen atoms in total. The SMILES string of the molecule is CC/C=C\C=C(/C)n1cnc(-c2ccccc2)c1. The number of allylic oxidation sites excluding steroid dienone is 4. The topological polar surface area (TPSA) is 17.8 Å². The largest absolute Gasteiger partial charge is 0.310 e. The van der Waals surface area contributed by atoms with Crippen molar-refractivity contribution in [2.24, 2.45) is 0 Å². The molecular formula is C16H18N2. The van der Waals surface area contributed by atoms with Crippen LogP contribution in [-0.4, -0.2) is 9.55 Å². The van der Waals surface area contributed by atoms with Gasteiger partial charge < -0.3 is 4.57 Å². The Morgan fingerprint density at radius 1 is 1.28 bits per heavy atom. The molecule has 0 fully saturated rings. The van der Waals surface area contributed by atoms with Gasteiger partial charge in [0, 0.05) is 17.5 Å². The van der Waals surface area contributed by atoms with Crippen LogP contribution in [-0.2, 0) is 0 Å². The third kappa shape index (κ3) is 2.98. The lowest BCUT2D eigenvalue weighted by atomic mass is 10.2. The maximum Gasteiger partial charge on any atom is 0.0996 e. The van der Waals surface area contributed by atoms with Gasteiger partial charge in [-0.25, -0.2) is 4.98 Å². The fourth-order valence-electron chi connectivity index (χ4n) is 1.70. The number of rotatable bonds is 4. The molecule has 1 aromatic carbocycles. The summed E-state index contributed by atoms with van der Waals surface area (Å²) in [5.74, 6) is 0. The predicted molar refractivity (Wildman–Crippen MR) is 77.0 cm³/mol. The van der Waals surface area contributed by atoms with Crippen LogP contribution < -0.4 is 0 Å². The van der Waals surface area contributed by atoms with Crippen molar-refractivity contribution in [3.05, 3.63) is 61.1 Å². The lowest BCUT2D eigenvalue weighted by molar-refractivity contribution is 1.07. The summed E-state index contributed by atoms with van der Waals surface area (Å²) in [5.41, 5.74) is 3.31. The fourth-order valence-corrected chi connectivity index (χ4v) is 1.70. The summed E-state index contributed by atoms with van der Waals surface area (Å²) in [7, 11) is 0. The smallest absolute Gasteiger partial charge is 0.0996 e. The van der Waals surface area contributed by atoms with Gasteiger partial charge in [-0.1, -0.05) is 49.4 Å². The first-order chi connectivity index (χ1) is 8.81. The first-order valence-electron chi connectivity index (χ1n) is 6.24. The zero-order valence-electron chi connectivity index (χ0n) is 10.9. The maximum absolute atomic E-state index is 4.43. The number of hydrogen-bond acceptors (Lipinski definition) is 1. The second kappa shape index (κ2) is 6.01. The summed E-state index contributed by atoms with van der Waals surface area (Å²) in [6, 6.07) is 10.2. The van der Waals surface area contributed by atoms with Gasteiger partial charge in [0.05, 0.1) is 12.0 Å². The van der Waals surface area contributed by atoms with Crippen LogP contribution in [0.4, 0.5) is 0 Å². The van der Waals surface area contributed by atoms with E-state index in [4.69, 9.17) is 0 Å². The van der Waals surface area contributed by atoms with Crippen molar-refractivity contribution >= 4 is 5.70 Å². The molecule has 0 N–H and O–H groups in total. The van der Waals surface area contributed by atoms with E-state index in [1.807, 2.05) is 29.1 Å². The zero-order valence-corrected chi connectivity index (χ0v) is 10.9. The number of nitrogens with zero attached hydrogens (tertiary/aromatic N) is 2. The minimum absolute atomic E-state index is 1.00. The summed E-state index contributed by atoms with van der Waals surface area (Å²) in [5, 5.41) is 0. The van der Waals surface area contributed by atoms with Crippen LogP contribution in [0.5, 0.6) is 0 Å². The van der Waals surface area contributed by atoms with Crippen molar-refractivity contribution in [3.8, 4) is 11.3 Å². The molecule has 0 aliphatic heterocycles. The molecule has 2 heteroatoms. The average molecular weight is 238 g/mol. The molecule has 0 unspecified atom stereocenters. The zero-order chi connectivity index (χ0) is 12.8. The van der Waals surface area contributed by atoms with E-state index in [-0.39, 0.29) is 0 Å². The molecule has 1 aromatic heterocycles. The van der Waals surface area contributed by atoms with E-state index in [1.54, 1.807) is 0 Å². The molecule has 0 aliphatic carbocycles. The molecule has 92 valence electrons. The molecule has 2 rings (SSSR count). The molecule has 0 bridgehead atoms. The summed E-state index contributed by atoms with van der Waals surface area (Å²) >= 11 is 0. The second-order valence-corrected chi connectivity index (χ2v) is 4.18. The van der Waals surface area contributed by atoms with Crippen molar-refractivity contribution in [1.29, 1.82) is 0 Å². The quantitative estimate of drug-likeness (QED) is 0.723. The van der Waals surface area contributed by atoms with Gasteiger partial charge in [-0.3, -0.25) is 0 Å². The summed E-state index contributed by atoms with van der Waals surface area (Å²) in [6.07, 6.45) is 11.3. The van der Waals surface area contributed by atoms with Crippen molar-refractivity contribution in [3.63, 3.8) is 0 Å². The first-order valence-corrected chi connectivity index (χ1v) is 6.24. The van der Waals surface area contributed by atoms with Crippen LogP contribution in [0.15, 0.2) is 61.1 Å². The highest BCUT2D eigenvalue weighted by molar-refractivity contribution is 5.59. The minimum Gasteiger partial charge on any atom is -0.310 e. The highest BCUT2D eigenvalue weighted by atomic mass is 15.0. The molecule has 0 atom stereocenters. The van der Waals surface area contributed by atoms with Crippen molar-refractivity contribution < 1.29 is 0 Å². The van der Waals surface area contributed by atoms with E-state index in [0.717, 1.165) is 23.4 Å². The second-order valence-electron chi connectivity index (χ2n) is 4.18. The monoisotopic (exact) mass is 238 g/mol. The van der Waals surface area contributed by atoms with Gasteiger partial charge >= 0.3 is 0 Å². The fraction of sp³-hybridized carbons (Fsp3) is 0.188. The van der Waals surface area contributed by atoms with Gasteiger partial charge in [-0.2, -0.15) is 0 Å². The number of aromatic nitrogens is 2. The molecule has 2 aromatic rings. The van der Waals surface area contributed by atoms with E-state index in [9.17, 15) is 0 Å². The van der Waals surface area contributed by atoms with Gasteiger partial charge in [-0.05, 0) is 19.4 Å². The Morgan fingerprint density at radius 2 is 2.06 bits per heavy atom. The van der Waals surface area contributed by atoms with Crippen LogP contribution in [0.3, 0.4) is 0 Å². The number of imidazole rings is 1. The Kier molecular flexibility index (Phi) is 4.13. The summed E-state index contributed by atoms with van der Waals surface area (Å²) < 4.78 is 2.04. The molecule has 0 saturated heterocycles. The molecule has 0 spiro atoms. The Balaban J connectivity index is 2.21. The van der Waals surface area contributed by atoms with E-state index < -0.39 is 0 Å². The van der Waals surface area contributed by atoms with Gasteiger partial charge in [-0.15, -0.1) is 0 Å². The molecule has 18 heavy (non-hydrogen) atoms. The van der Waals surface area contributed by atoms with Crippen LogP contribution in [0.25, 0.3) is 17.0 Å². The lowest BCUT2D eigenvalue weighted by Gasteiger charge is -1.99.